The number of methoxy groups -OCH3 is 1. The number of hydrogen-bond acceptors (Lipinski definition) is 6. The second-order valence-electron chi connectivity index (χ2n) is 5.99. The SMILES string of the molecule is CCOc1cc(C(CS(C)(=O)=O)n2ccc(=O)c(C(N)=O)c2)ccc1OC. The van der Waals surface area contributed by atoms with Gasteiger partial charge in [0.25, 0.3) is 5.91 Å². The molecule has 0 aliphatic carbocycles. The van der Waals surface area contributed by atoms with Gasteiger partial charge in [0.05, 0.1) is 25.5 Å². The average molecular weight is 394 g/mol. The molecule has 1 unspecified atom stereocenters. The summed E-state index contributed by atoms with van der Waals surface area (Å²) >= 11 is 0. The maximum absolute atomic E-state index is 12.0. The van der Waals surface area contributed by atoms with Crippen LogP contribution in [0.5, 0.6) is 11.5 Å². The van der Waals surface area contributed by atoms with Gasteiger partial charge >= 0.3 is 0 Å². The fourth-order valence-electron chi connectivity index (χ4n) is 2.69. The molecule has 0 spiro atoms. The largest absolute Gasteiger partial charge is 0.493 e. The monoisotopic (exact) mass is 394 g/mol. The molecule has 2 N–H and O–H groups in total. The molecule has 1 atom stereocenters. The van der Waals surface area contributed by atoms with Gasteiger partial charge < -0.3 is 19.8 Å². The van der Waals surface area contributed by atoms with Crippen molar-refractivity contribution in [3.05, 3.63) is 58.0 Å². The quantitative estimate of drug-likeness (QED) is 0.713. The Kier molecular flexibility index (Phi) is 6.27. The maximum Gasteiger partial charge on any atom is 0.254 e. The van der Waals surface area contributed by atoms with Crippen LogP contribution in [-0.4, -0.2) is 44.6 Å². The van der Waals surface area contributed by atoms with Crippen LogP contribution < -0.4 is 20.6 Å². The number of aromatic nitrogens is 1. The predicted octanol–water partition coefficient (Wildman–Crippen LogP) is 0.989. The van der Waals surface area contributed by atoms with E-state index in [1.54, 1.807) is 18.2 Å². The first-order valence-corrected chi connectivity index (χ1v) is 10.2. The lowest BCUT2D eigenvalue weighted by Crippen LogP contribution is -2.26. The molecule has 1 heterocycles. The number of primary amides is 1. The zero-order chi connectivity index (χ0) is 20.2. The first-order chi connectivity index (χ1) is 12.7. The van der Waals surface area contributed by atoms with Gasteiger partial charge in [-0.1, -0.05) is 6.07 Å². The molecule has 1 aromatic carbocycles. The van der Waals surface area contributed by atoms with Crippen molar-refractivity contribution in [3.8, 4) is 11.5 Å². The van der Waals surface area contributed by atoms with E-state index in [-0.39, 0.29) is 11.3 Å². The van der Waals surface area contributed by atoms with Crippen LogP contribution in [-0.2, 0) is 9.84 Å². The molecule has 8 nitrogen and oxygen atoms in total. The highest BCUT2D eigenvalue weighted by Gasteiger charge is 2.22. The van der Waals surface area contributed by atoms with Gasteiger partial charge in [0.1, 0.15) is 15.4 Å². The number of amides is 1. The normalized spacial score (nSPS) is 12.4. The highest BCUT2D eigenvalue weighted by atomic mass is 32.2. The highest BCUT2D eigenvalue weighted by Crippen LogP contribution is 2.32. The van der Waals surface area contributed by atoms with Gasteiger partial charge in [-0.2, -0.15) is 0 Å². The Labute approximate surface area is 157 Å². The number of nitrogens with zero attached hydrogens (tertiary/aromatic N) is 1. The van der Waals surface area contributed by atoms with Gasteiger partial charge in [0, 0.05) is 24.7 Å². The van der Waals surface area contributed by atoms with Crippen molar-refractivity contribution in [3.63, 3.8) is 0 Å². The number of nitrogens with two attached hydrogens (primary N) is 1. The van der Waals surface area contributed by atoms with Crippen LogP contribution in [0.4, 0.5) is 0 Å². The van der Waals surface area contributed by atoms with E-state index >= 15 is 0 Å². The first kappa shape index (κ1) is 20.5. The molecule has 2 aromatic rings. The van der Waals surface area contributed by atoms with Crippen LogP contribution in [0.15, 0.2) is 41.5 Å². The summed E-state index contributed by atoms with van der Waals surface area (Å²) in [6.45, 7) is 2.22. The molecule has 27 heavy (non-hydrogen) atoms. The molecule has 1 aromatic heterocycles. The van der Waals surface area contributed by atoms with Crippen molar-refractivity contribution in [1.29, 1.82) is 0 Å². The van der Waals surface area contributed by atoms with Crippen molar-refractivity contribution >= 4 is 15.7 Å². The number of benzene rings is 1. The van der Waals surface area contributed by atoms with Crippen LogP contribution in [0.3, 0.4) is 0 Å². The third-order valence-electron chi connectivity index (χ3n) is 3.90. The van der Waals surface area contributed by atoms with Gasteiger partial charge in [0.15, 0.2) is 16.9 Å². The lowest BCUT2D eigenvalue weighted by Gasteiger charge is -2.22. The van der Waals surface area contributed by atoms with E-state index in [1.807, 2.05) is 6.92 Å². The number of ether oxygens (including phenoxy) is 2. The van der Waals surface area contributed by atoms with Crippen LogP contribution >= 0.6 is 0 Å². The Morgan fingerprint density at radius 3 is 2.52 bits per heavy atom. The Bertz CT molecular complexity index is 997. The van der Waals surface area contributed by atoms with Gasteiger partial charge in [0.2, 0.25) is 0 Å². The summed E-state index contributed by atoms with van der Waals surface area (Å²) in [5, 5.41) is 0. The summed E-state index contributed by atoms with van der Waals surface area (Å²) < 4.78 is 36.3. The number of hydrogen-bond donors (Lipinski definition) is 1. The number of rotatable bonds is 8. The van der Waals surface area contributed by atoms with Gasteiger partial charge in [-0.3, -0.25) is 9.59 Å². The molecule has 0 radical (unpaired) electrons. The van der Waals surface area contributed by atoms with E-state index in [0.29, 0.717) is 23.7 Å². The van der Waals surface area contributed by atoms with E-state index in [1.165, 1.54) is 30.1 Å². The van der Waals surface area contributed by atoms with Crippen molar-refractivity contribution in [2.45, 2.75) is 13.0 Å². The van der Waals surface area contributed by atoms with E-state index in [2.05, 4.69) is 0 Å². The van der Waals surface area contributed by atoms with Gasteiger partial charge in [-0.05, 0) is 24.6 Å². The third-order valence-corrected chi connectivity index (χ3v) is 4.82. The highest BCUT2D eigenvalue weighted by molar-refractivity contribution is 7.90. The fourth-order valence-corrected chi connectivity index (χ4v) is 3.63. The molecule has 0 aliphatic heterocycles. The second kappa shape index (κ2) is 8.26. The minimum atomic E-state index is -3.39. The minimum absolute atomic E-state index is 0.213. The molecule has 0 bridgehead atoms. The van der Waals surface area contributed by atoms with Crippen LogP contribution in [0.1, 0.15) is 28.9 Å². The van der Waals surface area contributed by atoms with Crippen LogP contribution in [0.2, 0.25) is 0 Å². The second-order valence-corrected chi connectivity index (χ2v) is 8.17. The van der Waals surface area contributed by atoms with Crippen molar-refractivity contribution in [1.82, 2.24) is 4.57 Å². The molecule has 2 rings (SSSR count). The summed E-state index contributed by atoms with van der Waals surface area (Å²) in [6, 6.07) is 5.55. The molecule has 0 saturated carbocycles. The number of carbonyl (C=O) groups excluding carboxylic acids is 1. The van der Waals surface area contributed by atoms with Crippen molar-refractivity contribution in [2.75, 3.05) is 25.7 Å². The standard InChI is InChI=1S/C18H22N2O6S/c1-4-26-17-9-12(5-6-16(17)25-2)14(11-27(3,23)24)20-8-7-15(21)13(10-20)18(19)22/h5-10,14H,4,11H2,1-3H3,(H2,19,22). The number of pyridine rings is 1. The molecule has 1 amide bonds. The topological polar surface area (TPSA) is 118 Å². The molecule has 0 aliphatic rings. The summed E-state index contributed by atoms with van der Waals surface area (Å²) in [6.07, 6.45) is 3.81. The lowest BCUT2D eigenvalue weighted by molar-refractivity contribution is 0.0998. The van der Waals surface area contributed by atoms with E-state index in [0.717, 1.165) is 6.26 Å². The van der Waals surface area contributed by atoms with Gasteiger partial charge in [-0.25, -0.2) is 8.42 Å². The van der Waals surface area contributed by atoms with Crippen molar-refractivity contribution < 1.29 is 22.7 Å². The zero-order valence-corrected chi connectivity index (χ0v) is 16.2. The third kappa shape index (κ3) is 5.10. The minimum Gasteiger partial charge on any atom is -0.493 e. The van der Waals surface area contributed by atoms with Crippen LogP contribution in [0.25, 0.3) is 0 Å². The molecular weight excluding hydrogens is 372 g/mol. The Balaban J connectivity index is 2.63. The molecule has 0 saturated heterocycles. The number of sulfone groups is 1. The van der Waals surface area contributed by atoms with Crippen molar-refractivity contribution in [2.24, 2.45) is 5.73 Å². The Morgan fingerprint density at radius 1 is 1.26 bits per heavy atom. The van der Waals surface area contributed by atoms with Gasteiger partial charge in [-0.15, -0.1) is 0 Å². The summed E-state index contributed by atoms with van der Waals surface area (Å²) in [5.41, 5.74) is 5.12. The lowest BCUT2D eigenvalue weighted by atomic mass is 10.1. The molecular formula is C18H22N2O6S. The smallest absolute Gasteiger partial charge is 0.254 e. The zero-order valence-electron chi connectivity index (χ0n) is 15.3. The summed E-state index contributed by atoms with van der Waals surface area (Å²) in [7, 11) is -1.88. The summed E-state index contributed by atoms with van der Waals surface area (Å²) in [4.78, 5) is 23.3. The Morgan fingerprint density at radius 2 is 1.96 bits per heavy atom. The number of carbonyl (C=O) groups is 1. The molecule has 146 valence electrons. The van der Waals surface area contributed by atoms with E-state index < -0.39 is 27.2 Å². The Hall–Kier alpha value is -2.81. The van der Waals surface area contributed by atoms with E-state index in [9.17, 15) is 18.0 Å². The fraction of sp³-hybridized carbons (Fsp3) is 0.333. The summed E-state index contributed by atoms with van der Waals surface area (Å²) in [5.74, 6) is -0.146. The molecule has 0 fully saturated rings. The average Bonchev–Trinajstić information content (AvgIpc) is 2.59. The first-order valence-electron chi connectivity index (χ1n) is 8.16. The van der Waals surface area contributed by atoms with Crippen LogP contribution in [0, 0.1) is 0 Å². The maximum atomic E-state index is 12.0. The van der Waals surface area contributed by atoms with E-state index in [4.69, 9.17) is 15.2 Å². The molecule has 9 heteroatoms. The predicted molar refractivity (Wildman–Crippen MR) is 101 cm³/mol.